The lowest BCUT2D eigenvalue weighted by Gasteiger charge is -2.34. The lowest BCUT2D eigenvalue weighted by molar-refractivity contribution is -0.138. The van der Waals surface area contributed by atoms with E-state index in [1.807, 2.05) is 32.9 Å². The first-order chi connectivity index (χ1) is 25.4. The number of rotatable bonds is 19. The quantitative estimate of drug-likeness (QED) is 0.122. The molecule has 4 amide bonds. The number of anilines is 1. The highest BCUT2D eigenvalue weighted by atomic mass is 16.5. The van der Waals surface area contributed by atoms with E-state index in [-0.39, 0.29) is 63.6 Å². The summed E-state index contributed by atoms with van der Waals surface area (Å²) in [5.41, 5.74) is 2.21. The van der Waals surface area contributed by atoms with Crippen molar-refractivity contribution in [2.45, 2.75) is 45.4 Å². The van der Waals surface area contributed by atoms with E-state index in [1.54, 1.807) is 4.90 Å². The maximum Gasteiger partial charge on any atom is 0.407 e. The number of carbonyl (C=O) groups is 4. The van der Waals surface area contributed by atoms with Crippen LogP contribution in [0.5, 0.6) is 0 Å². The molecule has 3 heterocycles. The van der Waals surface area contributed by atoms with Gasteiger partial charge in [-0.3, -0.25) is 24.2 Å². The normalized spacial score (nSPS) is 15.7. The summed E-state index contributed by atoms with van der Waals surface area (Å²) < 4.78 is 10.9. The van der Waals surface area contributed by atoms with Crippen LogP contribution in [0.3, 0.4) is 0 Å². The summed E-state index contributed by atoms with van der Waals surface area (Å²) in [7, 11) is 0. The monoisotopic (exact) mass is 741 g/mol. The third-order valence-corrected chi connectivity index (χ3v) is 9.08. The average Bonchev–Trinajstić information content (AvgIpc) is 3.13. The minimum atomic E-state index is -0.997. The number of aromatic nitrogens is 2. The van der Waals surface area contributed by atoms with Gasteiger partial charge >= 0.3 is 6.09 Å². The van der Waals surface area contributed by atoms with Crippen molar-refractivity contribution in [2.75, 3.05) is 104 Å². The molecule has 1 atom stereocenters. The number of hydrogen-bond donors (Lipinski definition) is 5. The molecular weight excluding hydrogens is 686 g/mol. The summed E-state index contributed by atoms with van der Waals surface area (Å²) >= 11 is 0. The van der Waals surface area contributed by atoms with Crippen molar-refractivity contribution in [3.05, 3.63) is 53.5 Å². The molecule has 0 bridgehead atoms. The van der Waals surface area contributed by atoms with E-state index in [1.165, 1.54) is 28.4 Å². The predicted molar refractivity (Wildman–Crippen MR) is 196 cm³/mol. The number of nitrogens with one attached hydrogen (secondary N) is 3. The Morgan fingerprint density at radius 1 is 0.943 bits per heavy atom. The number of nitrogens with zero attached hydrogens (tertiary/aromatic N) is 6. The topological polar surface area (TPSA) is 202 Å². The predicted octanol–water partition coefficient (Wildman–Crippen LogP) is 0.110. The minimum Gasteiger partial charge on any atom is -0.465 e. The molecule has 0 aliphatic carbocycles. The largest absolute Gasteiger partial charge is 0.465 e. The summed E-state index contributed by atoms with van der Waals surface area (Å²) in [5.74, 6) is -0.451. The van der Waals surface area contributed by atoms with Crippen molar-refractivity contribution >= 4 is 29.6 Å². The van der Waals surface area contributed by atoms with Gasteiger partial charge in [-0.05, 0) is 38.3 Å². The fourth-order valence-electron chi connectivity index (χ4n) is 6.10. The molecule has 1 fully saturated rings. The van der Waals surface area contributed by atoms with Gasteiger partial charge in [0.1, 0.15) is 24.4 Å². The van der Waals surface area contributed by atoms with Crippen LogP contribution in [0, 0.1) is 0 Å². The van der Waals surface area contributed by atoms with Crippen molar-refractivity contribution in [1.29, 1.82) is 0 Å². The van der Waals surface area contributed by atoms with E-state index in [2.05, 4.69) is 47.9 Å². The number of aliphatic hydroxyl groups is 1. The van der Waals surface area contributed by atoms with Gasteiger partial charge in [-0.2, -0.15) is 0 Å². The van der Waals surface area contributed by atoms with Crippen LogP contribution in [-0.2, 0) is 32.0 Å². The van der Waals surface area contributed by atoms with E-state index < -0.39 is 23.6 Å². The van der Waals surface area contributed by atoms with Crippen LogP contribution in [0.1, 0.15) is 42.4 Å². The van der Waals surface area contributed by atoms with Gasteiger partial charge in [-0.25, -0.2) is 14.8 Å². The van der Waals surface area contributed by atoms with Gasteiger partial charge < -0.3 is 45.4 Å². The molecule has 1 unspecified atom stereocenters. The number of carbonyl (C=O) groups excluding carboxylic acids is 3. The average molecular weight is 742 g/mol. The molecule has 0 radical (unpaired) electrons. The smallest absolute Gasteiger partial charge is 0.407 e. The summed E-state index contributed by atoms with van der Waals surface area (Å²) in [6.45, 7) is 12.0. The highest BCUT2D eigenvalue weighted by molar-refractivity contribution is 5.93. The Bertz CT molecular complexity index is 1500. The van der Waals surface area contributed by atoms with Gasteiger partial charge in [-0.15, -0.1) is 0 Å². The molecule has 1 aromatic heterocycles. The number of benzene rings is 1. The van der Waals surface area contributed by atoms with Gasteiger partial charge in [0.2, 0.25) is 11.8 Å². The first-order valence-corrected chi connectivity index (χ1v) is 18.1. The Balaban J connectivity index is 1.02. The van der Waals surface area contributed by atoms with Crippen LogP contribution in [0.25, 0.3) is 0 Å². The molecule has 17 nitrogen and oxygen atoms in total. The van der Waals surface area contributed by atoms with Gasteiger partial charge in [0.15, 0.2) is 0 Å². The van der Waals surface area contributed by atoms with E-state index in [0.717, 1.165) is 19.5 Å². The number of fused-ring (bicyclic) bond motifs is 1. The first-order valence-electron chi connectivity index (χ1n) is 18.1. The molecule has 292 valence electrons. The number of amides is 4. The van der Waals surface area contributed by atoms with Crippen molar-refractivity contribution in [1.82, 2.24) is 40.2 Å². The second-order valence-electron chi connectivity index (χ2n) is 14.1. The van der Waals surface area contributed by atoms with E-state index >= 15 is 0 Å². The zero-order chi connectivity index (χ0) is 38.2. The summed E-state index contributed by atoms with van der Waals surface area (Å²) in [6.07, 6.45) is 0.446. The summed E-state index contributed by atoms with van der Waals surface area (Å²) in [4.78, 5) is 64.6. The van der Waals surface area contributed by atoms with Crippen LogP contribution in [-0.4, -0.2) is 174 Å². The molecule has 5 N–H and O–H groups in total. The molecule has 4 rings (SSSR count). The summed E-state index contributed by atoms with van der Waals surface area (Å²) in [5, 5.41) is 28.4. The maximum atomic E-state index is 12.7. The SMILES string of the molecule is CC(C)(C)N(CCOCCOCC(=O)N1CCN(CCNC(=O)CNc2cc(C(=O)NCC(O)CN3CCc4ccccc4C3)ncn2)CC1)C(=O)O. The second kappa shape index (κ2) is 20.7. The van der Waals surface area contributed by atoms with Crippen LogP contribution < -0.4 is 16.0 Å². The van der Waals surface area contributed by atoms with Gasteiger partial charge in [0.05, 0.1) is 32.5 Å². The van der Waals surface area contributed by atoms with Crippen LogP contribution in [0.15, 0.2) is 36.7 Å². The number of hydrogen-bond acceptors (Lipinski definition) is 12. The Labute approximate surface area is 311 Å². The second-order valence-corrected chi connectivity index (χ2v) is 14.1. The molecule has 0 spiro atoms. The molecule has 17 heteroatoms. The lowest BCUT2D eigenvalue weighted by Crippen LogP contribution is -2.51. The molecule has 1 saturated heterocycles. The molecule has 0 saturated carbocycles. The number of aliphatic hydroxyl groups excluding tert-OH is 1. The van der Waals surface area contributed by atoms with Crippen molar-refractivity contribution in [3.63, 3.8) is 0 Å². The third kappa shape index (κ3) is 14.2. The molecule has 2 aliphatic rings. The number of carboxylic acid groups (broad SMARTS) is 1. The highest BCUT2D eigenvalue weighted by Gasteiger charge is 2.26. The third-order valence-electron chi connectivity index (χ3n) is 9.08. The number of β-amino-alcohol motifs (C(OH)–C–C–N with tert-alkyl or cyclic N) is 1. The lowest BCUT2D eigenvalue weighted by atomic mass is 10.00. The Hall–Kier alpha value is -4.42. The minimum absolute atomic E-state index is 0.0409. The number of ether oxygens (including phenoxy) is 2. The molecule has 1 aromatic carbocycles. The zero-order valence-corrected chi connectivity index (χ0v) is 31.1. The van der Waals surface area contributed by atoms with Crippen molar-refractivity contribution in [3.8, 4) is 0 Å². The molecule has 2 aromatic rings. The molecule has 53 heavy (non-hydrogen) atoms. The first kappa shape index (κ1) is 41.3. The Kier molecular flexibility index (Phi) is 16.2. The molecular formula is C36H55N9O8. The number of piperazine rings is 1. The zero-order valence-electron chi connectivity index (χ0n) is 31.1. The Morgan fingerprint density at radius 3 is 2.42 bits per heavy atom. The van der Waals surface area contributed by atoms with E-state index in [4.69, 9.17) is 9.47 Å². The van der Waals surface area contributed by atoms with E-state index in [0.29, 0.717) is 51.6 Å². The van der Waals surface area contributed by atoms with Crippen molar-refractivity contribution < 1.29 is 38.9 Å². The Morgan fingerprint density at radius 2 is 1.68 bits per heavy atom. The van der Waals surface area contributed by atoms with E-state index in [9.17, 15) is 29.4 Å². The van der Waals surface area contributed by atoms with Crippen LogP contribution in [0.4, 0.5) is 10.6 Å². The van der Waals surface area contributed by atoms with Crippen LogP contribution in [0.2, 0.25) is 0 Å². The van der Waals surface area contributed by atoms with Gasteiger partial charge in [0.25, 0.3) is 5.91 Å². The van der Waals surface area contributed by atoms with Gasteiger partial charge in [-0.1, -0.05) is 24.3 Å². The molecule has 2 aliphatic heterocycles. The highest BCUT2D eigenvalue weighted by Crippen LogP contribution is 2.18. The fourth-order valence-corrected chi connectivity index (χ4v) is 6.10. The van der Waals surface area contributed by atoms with Crippen molar-refractivity contribution in [2.24, 2.45) is 0 Å². The fraction of sp³-hybridized carbons (Fsp3) is 0.611. The maximum absolute atomic E-state index is 12.7. The standard InChI is InChI=1S/C36H55N9O8/c1-36(2,3)45(35(50)51)16-17-52-18-19-53-25-33(48)44-14-12-42(13-15-44)11-9-37-32(47)22-38-31-20-30(40-26-41-31)34(49)39-21-29(46)24-43-10-8-27-6-4-5-7-28(27)23-43/h4-7,20,26,29,46H,8-19,21-25H2,1-3H3,(H,37,47)(H,39,49)(H,50,51)(H,38,40,41). The van der Waals surface area contributed by atoms with Gasteiger partial charge in [0, 0.05) is 83.6 Å². The summed E-state index contributed by atoms with van der Waals surface area (Å²) in [6, 6.07) is 9.76. The van der Waals surface area contributed by atoms with Crippen LogP contribution >= 0.6 is 0 Å².